The average Bonchev–Trinajstić information content (AvgIpc) is 2.74. The number of hydrogen-bond donors (Lipinski definition) is 1. The van der Waals surface area contributed by atoms with E-state index in [0.717, 1.165) is 16.7 Å². The first-order valence-corrected chi connectivity index (χ1v) is 4.82. The van der Waals surface area contributed by atoms with Gasteiger partial charge in [0.2, 0.25) is 5.88 Å². The predicted molar refractivity (Wildman–Crippen MR) is 58.2 cm³/mol. The maximum absolute atomic E-state index is 5.59. The van der Waals surface area contributed by atoms with E-state index in [1.807, 2.05) is 24.3 Å². The summed E-state index contributed by atoms with van der Waals surface area (Å²) in [6, 6.07) is 9.56. The maximum atomic E-state index is 5.59. The molecule has 0 saturated carbocycles. The highest BCUT2D eigenvalue weighted by molar-refractivity contribution is 5.86. The van der Waals surface area contributed by atoms with Crippen LogP contribution in [0.5, 0.6) is 11.6 Å². The molecule has 0 fully saturated rings. The highest BCUT2D eigenvalue weighted by Gasteiger charge is 2.05. The van der Waals surface area contributed by atoms with E-state index in [2.05, 4.69) is 20.4 Å². The Hall–Kier alpha value is -2.43. The van der Waals surface area contributed by atoms with Crippen LogP contribution in [0.3, 0.4) is 0 Å². The van der Waals surface area contributed by atoms with Gasteiger partial charge in [0.1, 0.15) is 0 Å². The Bertz CT molecular complexity index is 605. The fourth-order valence-corrected chi connectivity index (χ4v) is 1.53. The van der Waals surface area contributed by atoms with E-state index >= 15 is 0 Å². The van der Waals surface area contributed by atoms with Crippen molar-refractivity contribution in [3.8, 4) is 11.6 Å². The first kappa shape index (κ1) is 8.84. The molecule has 0 unspecified atom stereocenters. The Morgan fingerprint density at radius 2 is 2.06 bits per heavy atom. The normalized spacial score (nSPS) is 10.5. The number of ether oxygens (including phenoxy) is 1. The minimum absolute atomic E-state index is 0.430. The van der Waals surface area contributed by atoms with E-state index in [4.69, 9.17) is 4.74 Å². The summed E-state index contributed by atoms with van der Waals surface area (Å²) in [5.41, 5.74) is 1.03. The molecule has 2 heterocycles. The third kappa shape index (κ3) is 1.48. The van der Waals surface area contributed by atoms with Crippen LogP contribution in [0, 0.1) is 0 Å². The van der Waals surface area contributed by atoms with Gasteiger partial charge in [0.15, 0.2) is 5.75 Å². The van der Waals surface area contributed by atoms with E-state index in [0.29, 0.717) is 5.88 Å². The lowest BCUT2D eigenvalue weighted by Crippen LogP contribution is -1.90. The first-order chi connectivity index (χ1) is 7.93. The summed E-state index contributed by atoms with van der Waals surface area (Å²) < 4.78 is 5.59. The van der Waals surface area contributed by atoms with Crippen molar-refractivity contribution in [2.24, 2.45) is 0 Å². The van der Waals surface area contributed by atoms with Crippen LogP contribution in [0.1, 0.15) is 0 Å². The van der Waals surface area contributed by atoms with Crippen molar-refractivity contribution in [3.63, 3.8) is 0 Å². The van der Waals surface area contributed by atoms with Gasteiger partial charge in [-0.25, -0.2) is 0 Å². The number of rotatable bonds is 2. The predicted octanol–water partition coefficient (Wildman–Crippen LogP) is 2.15. The van der Waals surface area contributed by atoms with Crippen molar-refractivity contribution in [1.29, 1.82) is 0 Å². The lowest BCUT2D eigenvalue weighted by Gasteiger charge is -2.00. The number of aromatic amines is 1. The fourth-order valence-electron chi connectivity index (χ4n) is 1.53. The number of H-pyrrole nitrogens is 1. The van der Waals surface area contributed by atoms with Crippen molar-refractivity contribution in [2.75, 3.05) is 0 Å². The molecule has 0 spiro atoms. The van der Waals surface area contributed by atoms with Gasteiger partial charge in [-0.05, 0) is 17.3 Å². The average molecular weight is 212 g/mol. The van der Waals surface area contributed by atoms with Crippen LogP contribution < -0.4 is 4.74 Å². The van der Waals surface area contributed by atoms with Gasteiger partial charge in [-0.3, -0.25) is 0 Å². The zero-order valence-corrected chi connectivity index (χ0v) is 8.29. The molecule has 0 saturated heterocycles. The molecule has 0 amide bonds. The Morgan fingerprint density at radius 1 is 1.12 bits per heavy atom. The molecule has 0 bridgehead atoms. The second-order valence-electron chi connectivity index (χ2n) is 3.26. The lowest BCUT2D eigenvalue weighted by molar-refractivity contribution is 0.455. The van der Waals surface area contributed by atoms with E-state index in [1.54, 1.807) is 12.3 Å². The zero-order valence-electron chi connectivity index (χ0n) is 8.29. The molecular weight excluding hydrogens is 204 g/mol. The van der Waals surface area contributed by atoms with Crippen molar-refractivity contribution < 1.29 is 4.74 Å². The topological polar surface area (TPSA) is 63.7 Å². The minimum atomic E-state index is 0.430. The van der Waals surface area contributed by atoms with Crippen molar-refractivity contribution in [3.05, 3.63) is 42.7 Å². The van der Waals surface area contributed by atoms with Gasteiger partial charge in [-0.15, -0.1) is 5.10 Å². The van der Waals surface area contributed by atoms with Crippen molar-refractivity contribution in [1.82, 2.24) is 20.4 Å². The van der Waals surface area contributed by atoms with Crippen LogP contribution in [-0.4, -0.2) is 20.4 Å². The van der Waals surface area contributed by atoms with Crippen LogP contribution in [0.4, 0.5) is 0 Å². The highest BCUT2D eigenvalue weighted by atomic mass is 16.5. The summed E-state index contributed by atoms with van der Waals surface area (Å²) in [6.07, 6.45) is 3.34. The third-order valence-electron chi connectivity index (χ3n) is 2.24. The van der Waals surface area contributed by atoms with Gasteiger partial charge in [-0.1, -0.05) is 17.2 Å². The number of hydrogen-bond acceptors (Lipinski definition) is 4. The number of para-hydroxylation sites is 1. The lowest BCUT2D eigenvalue weighted by atomic mass is 10.2. The van der Waals surface area contributed by atoms with E-state index in [1.165, 1.54) is 6.20 Å². The molecular formula is C11H8N4O. The largest absolute Gasteiger partial charge is 0.435 e. The Balaban J connectivity index is 2.01. The van der Waals surface area contributed by atoms with Crippen LogP contribution in [-0.2, 0) is 0 Å². The molecule has 5 nitrogen and oxygen atoms in total. The second-order valence-corrected chi connectivity index (χ2v) is 3.26. The molecule has 2 aromatic heterocycles. The van der Waals surface area contributed by atoms with Gasteiger partial charge >= 0.3 is 0 Å². The number of benzene rings is 1. The molecule has 0 aliphatic heterocycles. The summed E-state index contributed by atoms with van der Waals surface area (Å²) in [5, 5.41) is 11.9. The number of aromatic nitrogens is 4. The molecule has 1 aromatic carbocycles. The molecule has 0 aliphatic rings. The van der Waals surface area contributed by atoms with E-state index in [-0.39, 0.29) is 0 Å². The third-order valence-corrected chi connectivity index (χ3v) is 2.24. The van der Waals surface area contributed by atoms with Crippen molar-refractivity contribution in [2.45, 2.75) is 0 Å². The first-order valence-electron chi connectivity index (χ1n) is 4.82. The summed E-state index contributed by atoms with van der Waals surface area (Å²) in [6.45, 7) is 0. The summed E-state index contributed by atoms with van der Waals surface area (Å²) in [4.78, 5) is 3.12. The molecule has 3 aromatic rings. The molecule has 0 atom stereocenters. The smallest absolute Gasteiger partial charge is 0.242 e. The molecule has 78 valence electrons. The zero-order chi connectivity index (χ0) is 10.8. The molecule has 0 aliphatic carbocycles. The second kappa shape index (κ2) is 3.62. The van der Waals surface area contributed by atoms with Gasteiger partial charge in [0.05, 0.1) is 6.20 Å². The van der Waals surface area contributed by atoms with Gasteiger partial charge in [0, 0.05) is 23.2 Å². The standard InChI is InChI=1S/C11H8N4O/c1-2-4-9-8(3-1)10(7-12-9)16-11-5-6-13-15-14-11/h1-7,12H. The monoisotopic (exact) mass is 212 g/mol. The number of nitrogens with zero attached hydrogens (tertiary/aromatic N) is 3. The quantitative estimate of drug-likeness (QED) is 0.706. The fraction of sp³-hybridized carbons (Fsp3) is 0. The highest BCUT2D eigenvalue weighted by Crippen LogP contribution is 2.27. The Kier molecular flexibility index (Phi) is 2.00. The summed E-state index contributed by atoms with van der Waals surface area (Å²) in [5.74, 6) is 1.16. The molecule has 16 heavy (non-hydrogen) atoms. The maximum Gasteiger partial charge on any atom is 0.242 e. The molecule has 0 radical (unpaired) electrons. The Labute approximate surface area is 91.1 Å². The molecule has 3 rings (SSSR count). The van der Waals surface area contributed by atoms with Crippen LogP contribution in [0.15, 0.2) is 42.7 Å². The van der Waals surface area contributed by atoms with Crippen molar-refractivity contribution >= 4 is 10.9 Å². The van der Waals surface area contributed by atoms with Gasteiger partial charge in [-0.2, -0.15) is 0 Å². The van der Waals surface area contributed by atoms with Gasteiger partial charge < -0.3 is 9.72 Å². The summed E-state index contributed by atoms with van der Waals surface area (Å²) in [7, 11) is 0. The Morgan fingerprint density at radius 3 is 2.94 bits per heavy atom. The molecule has 5 heteroatoms. The SMILES string of the molecule is c1ccc2c(Oc3ccnnn3)c[nH]c2c1. The van der Waals surface area contributed by atoms with Crippen LogP contribution in [0.25, 0.3) is 10.9 Å². The van der Waals surface area contributed by atoms with E-state index < -0.39 is 0 Å². The summed E-state index contributed by atoms with van der Waals surface area (Å²) >= 11 is 0. The van der Waals surface area contributed by atoms with E-state index in [9.17, 15) is 0 Å². The number of fused-ring (bicyclic) bond motifs is 1. The van der Waals surface area contributed by atoms with Crippen LogP contribution >= 0.6 is 0 Å². The minimum Gasteiger partial charge on any atom is -0.435 e. The van der Waals surface area contributed by atoms with Gasteiger partial charge in [0.25, 0.3) is 0 Å². The van der Waals surface area contributed by atoms with Crippen LogP contribution in [0.2, 0.25) is 0 Å². The molecule has 1 N–H and O–H groups in total. The number of nitrogens with one attached hydrogen (secondary N) is 1.